The number of benzene rings is 1. The molecule has 1 aliphatic heterocycles. The van der Waals surface area contributed by atoms with Gasteiger partial charge in [-0.25, -0.2) is 4.79 Å². The topological polar surface area (TPSA) is 78.9 Å². The SMILES string of the molecule is CC(C)C[C@@H](CO)NC(=O)[C@@H]1CCCN1C(=O)OCc1ccccc1. The van der Waals surface area contributed by atoms with E-state index in [1.165, 1.54) is 4.90 Å². The van der Waals surface area contributed by atoms with Gasteiger partial charge in [0, 0.05) is 6.54 Å². The highest BCUT2D eigenvalue weighted by Gasteiger charge is 2.35. The molecule has 6 heteroatoms. The Morgan fingerprint density at radius 3 is 2.68 bits per heavy atom. The van der Waals surface area contributed by atoms with Crippen LogP contribution in [0.1, 0.15) is 38.7 Å². The predicted octanol–water partition coefficient (Wildman–Crippen LogP) is 2.31. The molecule has 2 atom stereocenters. The van der Waals surface area contributed by atoms with Crippen LogP contribution in [0.2, 0.25) is 0 Å². The quantitative estimate of drug-likeness (QED) is 0.792. The van der Waals surface area contributed by atoms with E-state index in [-0.39, 0.29) is 25.2 Å². The molecule has 25 heavy (non-hydrogen) atoms. The molecular formula is C19H28N2O4. The normalized spacial score (nSPS) is 18.2. The van der Waals surface area contributed by atoms with Crippen molar-refractivity contribution in [3.05, 3.63) is 35.9 Å². The third kappa shape index (κ3) is 5.74. The maximum Gasteiger partial charge on any atom is 0.410 e. The Morgan fingerprint density at radius 1 is 1.32 bits per heavy atom. The summed E-state index contributed by atoms with van der Waals surface area (Å²) in [7, 11) is 0. The van der Waals surface area contributed by atoms with Crippen molar-refractivity contribution >= 4 is 12.0 Å². The summed E-state index contributed by atoms with van der Waals surface area (Å²) in [5, 5.41) is 12.3. The Morgan fingerprint density at radius 2 is 2.04 bits per heavy atom. The van der Waals surface area contributed by atoms with Gasteiger partial charge >= 0.3 is 6.09 Å². The zero-order valence-electron chi connectivity index (χ0n) is 15.0. The van der Waals surface area contributed by atoms with Crippen LogP contribution in [0.4, 0.5) is 4.79 Å². The van der Waals surface area contributed by atoms with E-state index in [2.05, 4.69) is 5.32 Å². The fraction of sp³-hybridized carbons (Fsp3) is 0.579. The third-order valence-electron chi connectivity index (χ3n) is 4.32. The van der Waals surface area contributed by atoms with Gasteiger partial charge in [-0.15, -0.1) is 0 Å². The van der Waals surface area contributed by atoms with Crippen molar-refractivity contribution in [1.82, 2.24) is 10.2 Å². The van der Waals surface area contributed by atoms with Crippen LogP contribution < -0.4 is 5.32 Å². The average molecular weight is 348 g/mol. The summed E-state index contributed by atoms with van der Waals surface area (Å²) in [6.45, 7) is 4.68. The van der Waals surface area contributed by atoms with E-state index in [0.717, 1.165) is 12.0 Å². The monoisotopic (exact) mass is 348 g/mol. The van der Waals surface area contributed by atoms with Crippen molar-refractivity contribution in [3.8, 4) is 0 Å². The van der Waals surface area contributed by atoms with E-state index in [0.29, 0.717) is 25.3 Å². The van der Waals surface area contributed by atoms with Crippen LogP contribution in [0.15, 0.2) is 30.3 Å². The first kappa shape index (κ1) is 19.2. The molecule has 2 N–H and O–H groups in total. The number of hydrogen-bond donors (Lipinski definition) is 2. The van der Waals surface area contributed by atoms with E-state index >= 15 is 0 Å². The molecule has 1 aliphatic rings. The molecule has 1 fully saturated rings. The van der Waals surface area contributed by atoms with Crippen molar-refractivity contribution in [1.29, 1.82) is 0 Å². The molecule has 0 aromatic heterocycles. The molecule has 0 saturated carbocycles. The van der Waals surface area contributed by atoms with Crippen LogP contribution in [0.3, 0.4) is 0 Å². The molecule has 0 unspecified atom stereocenters. The lowest BCUT2D eigenvalue weighted by molar-refractivity contribution is -0.126. The number of nitrogens with zero attached hydrogens (tertiary/aromatic N) is 1. The van der Waals surface area contributed by atoms with E-state index < -0.39 is 12.1 Å². The summed E-state index contributed by atoms with van der Waals surface area (Å²) >= 11 is 0. The summed E-state index contributed by atoms with van der Waals surface area (Å²) in [5.41, 5.74) is 0.910. The van der Waals surface area contributed by atoms with E-state index in [9.17, 15) is 14.7 Å². The Bertz CT molecular complexity index is 562. The summed E-state index contributed by atoms with van der Waals surface area (Å²) in [6, 6.07) is 8.65. The van der Waals surface area contributed by atoms with Gasteiger partial charge in [0.05, 0.1) is 12.6 Å². The highest BCUT2D eigenvalue weighted by Crippen LogP contribution is 2.19. The molecule has 1 aromatic rings. The Labute approximate surface area is 149 Å². The molecule has 0 radical (unpaired) electrons. The average Bonchev–Trinajstić information content (AvgIpc) is 3.09. The zero-order valence-corrected chi connectivity index (χ0v) is 15.0. The minimum Gasteiger partial charge on any atom is -0.445 e. The maximum atomic E-state index is 12.5. The van der Waals surface area contributed by atoms with Crippen LogP contribution >= 0.6 is 0 Å². The number of aliphatic hydroxyl groups is 1. The van der Waals surface area contributed by atoms with Crippen LogP contribution in [-0.2, 0) is 16.1 Å². The van der Waals surface area contributed by atoms with E-state index in [4.69, 9.17) is 4.74 Å². The first-order valence-electron chi connectivity index (χ1n) is 8.89. The fourth-order valence-electron chi connectivity index (χ4n) is 3.11. The summed E-state index contributed by atoms with van der Waals surface area (Å²) in [4.78, 5) is 26.3. The number of nitrogens with one attached hydrogen (secondary N) is 1. The minimum atomic E-state index is -0.524. The largest absolute Gasteiger partial charge is 0.445 e. The van der Waals surface area contributed by atoms with Gasteiger partial charge in [-0.1, -0.05) is 44.2 Å². The van der Waals surface area contributed by atoms with Crippen molar-refractivity contribution in [3.63, 3.8) is 0 Å². The second-order valence-corrected chi connectivity index (χ2v) is 6.91. The van der Waals surface area contributed by atoms with Gasteiger partial charge in [-0.3, -0.25) is 9.69 Å². The summed E-state index contributed by atoms with van der Waals surface area (Å²) in [6.07, 6.45) is 1.62. The lowest BCUT2D eigenvalue weighted by Gasteiger charge is -2.26. The first-order chi connectivity index (χ1) is 12.0. The highest BCUT2D eigenvalue weighted by atomic mass is 16.6. The lowest BCUT2D eigenvalue weighted by Crippen LogP contribution is -2.50. The smallest absolute Gasteiger partial charge is 0.410 e. The number of carbonyl (C=O) groups excluding carboxylic acids is 2. The molecule has 0 aliphatic carbocycles. The number of ether oxygens (including phenoxy) is 1. The maximum absolute atomic E-state index is 12.5. The Balaban J connectivity index is 1.89. The summed E-state index contributed by atoms with van der Waals surface area (Å²) in [5.74, 6) is 0.154. The van der Waals surface area contributed by atoms with Crippen molar-refractivity contribution < 1.29 is 19.4 Å². The molecular weight excluding hydrogens is 320 g/mol. The molecule has 2 rings (SSSR count). The van der Waals surface area contributed by atoms with Crippen LogP contribution in [0.25, 0.3) is 0 Å². The molecule has 6 nitrogen and oxygen atoms in total. The zero-order chi connectivity index (χ0) is 18.2. The number of hydrogen-bond acceptors (Lipinski definition) is 4. The molecule has 0 bridgehead atoms. The van der Waals surface area contributed by atoms with E-state index in [1.54, 1.807) is 0 Å². The second-order valence-electron chi connectivity index (χ2n) is 6.91. The van der Waals surface area contributed by atoms with Gasteiger partial charge in [0.15, 0.2) is 0 Å². The first-order valence-corrected chi connectivity index (χ1v) is 8.89. The van der Waals surface area contributed by atoms with Crippen LogP contribution in [0.5, 0.6) is 0 Å². The Kier molecular flexibility index (Phi) is 7.25. The number of carbonyl (C=O) groups is 2. The molecule has 1 aromatic carbocycles. The molecule has 1 heterocycles. The fourth-order valence-corrected chi connectivity index (χ4v) is 3.11. The highest BCUT2D eigenvalue weighted by molar-refractivity contribution is 5.86. The van der Waals surface area contributed by atoms with E-state index in [1.807, 2.05) is 44.2 Å². The molecule has 2 amide bonds. The predicted molar refractivity (Wildman–Crippen MR) is 94.8 cm³/mol. The number of aliphatic hydroxyl groups excluding tert-OH is 1. The van der Waals surface area contributed by atoms with Crippen molar-refractivity contribution in [2.45, 2.75) is 51.8 Å². The second kappa shape index (κ2) is 9.42. The van der Waals surface area contributed by atoms with Gasteiger partial charge in [0.1, 0.15) is 12.6 Å². The third-order valence-corrected chi connectivity index (χ3v) is 4.32. The lowest BCUT2D eigenvalue weighted by atomic mass is 10.0. The van der Waals surface area contributed by atoms with Crippen LogP contribution in [-0.4, -0.2) is 47.2 Å². The van der Waals surface area contributed by atoms with Gasteiger partial charge in [-0.05, 0) is 30.7 Å². The van der Waals surface area contributed by atoms with Gasteiger partial charge in [-0.2, -0.15) is 0 Å². The van der Waals surface area contributed by atoms with Crippen molar-refractivity contribution in [2.75, 3.05) is 13.2 Å². The van der Waals surface area contributed by atoms with Gasteiger partial charge < -0.3 is 15.2 Å². The number of rotatable bonds is 7. The molecule has 0 spiro atoms. The summed E-state index contributed by atoms with van der Waals surface area (Å²) < 4.78 is 5.35. The van der Waals surface area contributed by atoms with Gasteiger partial charge in [0.25, 0.3) is 0 Å². The Hall–Kier alpha value is -2.08. The number of likely N-dealkylation sites (tertiary alicyclic amines) is 1. The molecule has 1 saturated heterocycles. The van der Waals surface area contributed by atoms with Gasteiger partial charge in [0.2, 0.25) is 5.91 Å². The molecule has 138 valence electrons. The van der Waals surface area contributed by atoms with Crippen molar-refractivity contribution in [2.24, 2.45) is 5.92 Å². The van der Waals surface area contributed by atoms with Crippen LogP contribution in [0, 0.1) is 5.92 Å². The standard InChI is InChI=1S/C19H28N2O4/c1-14(2)11-16(12-22)20-18(23)17-9-6-10-21(17)19(24)25-13-15-7-4-3-5-8-15/h3-5,7-8,14,16-17,22H,6,9-13H2,1-2H3,(H,20,23)/t16-,17-/m0/s1. The minimum absolute atomic E-state index is 0.102. The number of amides is 2.